The van der Waals surface area contributed by atoms with E-state index in [2.05, 4.69) is 15.6 Å². The van der Waals surface area contributed by atoms with Gasteiger partial charge in [0.05, 0.1) is 7.11 Å². The van der Waals surface area contributed by atoms with Gasteiger partial charge in [0.25, 0.3) is 0 Å². The van der Waals surface area contributed by atoms with Crippen LogP contribution >= 0.6 is 11.8 Å². The molecule has 0 aliphatic carbocycles. The van der Waals surface area contributed by atoms with Crippen LogP contribution in [0.4, 0.5) is 4.79 Å². The Labute approximate surface area is 140 Å². The number of benzene rings is 1. The minimum atomic E-state index is -0.0655. The predicted octanol–water partition coefficient (Wildman–Crippen LogP) is 2.91. The van der Waals surface area contributed by atoms with Gasteiger partial charge in [0.15, 0.2) is 0 Å². The molecule has 0 spiro atoms. The molecule has 6 heteroatoms. The fraction of sp³-hybridized carbons (Fsp3) is 0.471. The van der Waals surface area contributed by atoms with Crippen molar-refractivity contribution >= 4 is 28.7 Å². The van der Waals surface area contributed by atoms with Gasteiger partial charge in [0.2, 0.25) is 0 Å². The molecule has 0 saturated carbocycles. The average Bonchev–Trinajstić information content (AvgIpc) is 2.99. The van der Waals surface area contributed by atoms with Crippen LogP contribution in [0.5, 0.6) is 5.75 Å². The summed E-state index contributed by atoms with van der Waals surface area (Å²) in [5, 5.41) is 7.11. The predicted molar refractivity (Wildman–Crippen MR) is 95.4 cm³/mol. The smallest absolute Gasteiger partial charge is 0.315 e. The number of carbonyl (C=O) groups is 1. The maximum absolute atomic E-state index is 12.0. The second kappa shape index (κ2) is 7.64. The lowest BCUT2D eigenvalue weighted by atomic mass is 10.1. The Morgan fingerprint density at radius 1 is 1.48 bits per heavy atom. The van der Waals surface area contributed by atoms with Crippen molar-refractivity contribution in [3.63, 3.8) is 0 Å². The summed E-state index contributed by atoms with van der Waals surface area (Å²) in [5.74, 6) is 3.09. The van der Waals surface area contributed by atoms with E-state index in [1.807, 2.05) is 36.2 Å². The van der Waals surface area contributed by atoms with Crippen molar-refractivity contribution in [1.29, 1.82) is 0 Å². The molecule has 3 N–H and O–H groups in total. The molecule has 3 rings (SSSR count). The minimum Gasteiger partial charge on any atom is -0.496 e. The van der Waals surface area contributed by atoms with E-state index < -0.39 is 0 Å². The summed E-state index contributed by atoms with van der Waals surface area (Å²) in [6.07, 6.45) is 5.03. The van der Waals surface area contributed by atoms with Crippen molar-refractivity contribution < 1.29 is 9.53 Å². The quantitative estimate of drug-likeness (QED) is 0.788. The molecule has 0 unspecified atom stereocenters. The lowest BCUT2D eigenvalue weighted by Crippen LogP contribution is -2.44. The summed E-state index contributed by atoms with van der Waals surface area (Å²) in [5.41, 5.74) is 2.22. The van der Waals surface area contributed by atoms with Gasteiger partial charge in [-0.3, -0.25) is 0 Å². The van der Waals surface area contributed by atoms with Gasteiger partial charge in [0.1, 0.15) is 5.75 Å². The largest absolute Gasteiger partial charge is 0.496 e. The van der Waals surface area contributed by atoms with E-state index in [9.17, 15) is 4.79 Å². The van der Waals surface area contributed by atoms with Crippen molar-refractivity contribution in [2.45, 2.75) is 25.3 Å². The number of amides is 2. The van der Waals surface area contributed by atoms with Crippen LogP contribution in [0, 0.1) is 0 Å². The summed E-state index contributed by atoms with van der Waals surface area (Å²) in [6.45, 7) is 0.608. The highest BCUT2D eigenvalue weighted by molar-refractivity contribution is 7.99. The highest BCUT2D eigenvalue weighted by Gasteiger charge is 2.16. The summed E-state index contributed by atoms with van der Waals surface area (Å²) in [7, 11) is 1.68. The maximum Gasteiger partial charge on any atom is 0.315 e. The number of rotatable bonds is 5. The number of aromatic nitrogens is 1. The molecule has 2 amide bonds. The number of thioether (sulfide) groups is 1. The van der Waals surface area contributed by atoms with E-state index in [-0.39, 0.29) is 6.03 Å². The standard InChI is InChI=1S/C17H23N3O2S/c1-22-15-6-2-5-14-16(15)12(10-19-14)7-8-18-17(21)20-13-4-3-9-23-11-13/h2,5-6,10,13,19H,3-4,7-9,11H2,1H3,(H2,18,20,21)/t13-/m0/s1. The van der Waals surface area contributed by atoms with Gasteiger partial charge >= 0.3 is 6.03 Å². The Hall–Kier alpha value is -1.82. The van der Waals surface area contributed by atoms with E-state index in [1.165, 1.54) is 12.2 Å². The second-order valence-electron chi connectivity index (χ2n) is 5.76. The summed E-state index contributed by atoms with van der Waals surface area (Å²) in [6, 6.07) is 6.20. The molecule has 1 aliphatic rings. The fourth-order valence-electron chi connectivity index (χ4n) is 2.99. The molecule has 5 nitrogen and oxygen atoms in total. The fourth-order valence-corrected chi connectivity index (χ4v) is 4.06. The molecule has 1 aliphatic heterocycles. The SMILES string of the molecule is COc1cccc2[nH]cc(CCNC(=O)N[C@H]3CCCSC3)c12. The number of H-pyrrole nitrogens is 1. The third-order valence-electron chi connectivity index (χ3n) is 4.14. The zero-order valence-corrected chi connectivity index (χ0v) is 14.2. The van der Waals surface area contributed by atoms with Gasteiger partial charge in [-0.25, -0.2) is 4.79 Å². The zero-order valence-electron chi connectivity index (χ0n) is 13.4. The molecule has 0 radical (unpaired) electrons. The van der Waals surface area contributed by atoms with Crippen molar-refractivity contribution in [3.8, 4) is 5.75 Å². The first-order valence-electron chi connectivity index (χ1n) is 8.03. The topological polar surface area (TPSA) is 66.1 Å². The Bertz CT molecular complexity index is 665. The van der Waals surface area contributed by atoms with Crippen LogP contribution in [0.25, 0.3) is 10.9 Å². The molecule has 1 aromatic heterocycles. The number of hydrogen-bond acceptors (Lipinski definition) is 3. The van der Waals surface area contributed by atoms with E-state index >= 15 is 0 Å². The van der Waals surface area contributed by atoms with E-state index in [0.717, 1.165) is 40.8 Å². The number of fused-ring (bicyclic) bond motifs is 1. The number of methoxy groups -OCH3 is 1. The van der Waals surface area contributed by atoms with Crippen LogP contribution in [-0.2, 0) is 6.42 Å². The molecule has 1 aromatic carbocycles. The Morgan fingerprint density at radius 2 is 2.39 bits per heavy atom. The number of hydrogen-bond donors (Lipinski definition) is 3. The lowest BCUT2D eigenvalue weighted by molar-refractivity contribution is 0.237. The van der Waals surface area contributed by atoms with Crippen LogP contribution in [-0.4, -0.2) is 42.2 Å². The molecule has 23 heavy (non-hydrogen) atoms. The molecule has 2 aromatic rings. The molecule has 1 saturated heterocycles. The van der Waals surface area contributed by atoms with Crippen LogP contribution in [0.15, 0.2) is 24.4 Å². The van der Waals surface area contributed by atoms with Gasteiger partial charge in [-0.05, 0) is 42.7 Å². The lowest BCUT2D eigenvalue weighted by Gasteiger charge is -2.22. The highest BCUT2D eigenvalue weighted by atomic mass is 32.2. The average molecular weight is 333 g/mol. The maximum atomic E-state index is 12.0. The first-order valence-corrected chi connectivity index (χ1v) is 9.18. The van der Waals surface area contributed by atoms with E-state index in [0.29, 0.717) is 12.6 Å². The molecular formula is C17H23N3O2S. The monoisotopic (exact) mass is 333 g/mol. The van der Waals surface area contributed by atoms with Crippen LogP contribution < -0.4 is 15.4 Å². The van der Waals surface area contributed by atoms with E-state index in [4.69, 9.17) is 4.74 Å². The molecule has 2 heterocycles. The normalized spacial score (nSPS) is 17.9. The number of nitrogens with one attached hydrogen (secondary N) is 3. The Balaban J connectivity index is 1.53. The van der Waals surface area contributed by atoms with Crippen molar-refractivity contribution in [3.05, 3.63) is 30.0 Å². The van der Waals surface area contributed by atoms with Crippen molar-refractivity contribution in [2.75, 3.05) is 25.2 Å². The molecule has 1 fully saturated rings. The minimum absolute atomic E-state index is 0.0655. The van der Waals surface area contributed by atoms with Crippen molar-refractivity contribution in [1.82, 2.24) is 15.6 Å². The van der Waals surface area contributed by atoms with E-state index in [1.54, 1.807) is 7.11 Å². The van der Waals surface area contributed by atoms with Crippen molar-refractivity contribution in [2.24, 2.45) is 0 Å². The van der Waals surface area contributed by atoms with Gasteiger partial charge in [-0.1, -0.05) is 6.07 Å². The summed E-state index contributed by atoms with van der Waals surface area (Å²) >= 11 is 1.91. The molecule has 1 atom stereocenters. The van der Waals surface area contributed by atoms with Gasteiger partial charge < -0.3 is 20.4 Å². The second-order valence-corrected chi connectivity index (χ2v) is 6.91. The molecule has 124 valence electrons. The first-order chi connectivity index (χ1) is 11.3. The zero-order chi connectivity index (χ0) is 16.1. The summed E-state index contributed by atoms with van der Waals surface area (Å²) in [4.78, 5) is 15.2. The highest BCUT2D eigenvalue weighted by Crippen LogP contribution is 2.28. The third kappa shape index (κ3) is 3.93. The Kier molecular flexibility index (Phi) is 5.33. The Morgan fingerprint density at radius 3 is 3.17 bits per heavy atom. The first kappa shape index (κ1) is 16.1. The van der Waals surface area contributed by atoms with Gasteiger partial charge in [-0.2, -0.15) is 11.8 Å². The molecule has 0 bridgehead atoms. The van der Waals surface area contributed by atoms with Crippen LogP contribution in [0.1, 0.15) is 18.4 Å². The van der Waals surface area contributed by atoms with Gasteiger partial charge in [0, 0.05) is 35.4 Å². The third-order valence-corrected chi connectivity index (χ3v) is 5.36. The number of carbonyl (C=O) groups excluding carboxylic acids is 1. The van der Waals surface area contributed by atoms with Crippen LogP contribution in [0.2, 0.25) is 0 Å². The number of aromatic amines is 1. The number of urea groups is 1. The van der Waals surface area contributed by atoms with Gasteiger partial charge in [-0.15, -0.1) is 0 Å². The van der Waals surface area contributed by atoms with Crippen LogP contribution in [0.3, 0.4) is 0 Å². The number of ether oxygens (including phenoxy) is 1. The summed E-state index contributed by atoms with van der Waals surface area (Å²) < 4.78 is 5.43. The molecular weight excluding hydrogens is 310 g/mol.